The van der Waals surface area contributed by atoms with Gasteiger partial charge in [0, 0.05) is 12.1 Å². The molecule has 4 rings (SSSR count). The number of pyridine rings is 1. The summed E-state index contributed by atoms with van der Waals surface area (Å²) in [5.41, 5.74) is 3.71. The molecule has 7 nitrogen and oxygen atoms in total. The average Bonchev–Trinajstić information content (AvgIpc) is 3.25. The van der Waals surface area contributed by atoms with E-state index in [2.05, 4.69) is 15.7 Å². The van der Waals surface area contributed by atoms with Crippen LogP contribution in [0.2, 0.25) is 0 Å². The predicted octanol–water partition coefficient (Wildman–Crippen LogP) is 3.79. The molecular weight excluding hydrogens is 414 g/mol. The summed E-state index contributed by atoms with van der Waals surface area (Å²) in [6.07, 6.45) is 2.50. The topological polar surface area (TPSA) is 88.9 Å². The van der Waals surface area contributed by atoms with E-state index in [1.165, 1.54) is 0 Å². The number of nitrogens with one attached hydrogen (secondary N) is 2. The highest BCUT2D eigenvalue weighted by molar-refractivity contribution is 6.07. The highest BCUT2D eigenvalue weighted by atomic mass is 16.2. The van der Waals surface area contributed by atoms with Crippen molar-refractivity contribution in [3.8, 4) is 11.3 Å². The van der Waals surface area contributed by atoms with Crippen molar-refractivity contribution in [2.45, 2.75) is 32.9 Å². The standard InChI is InChI=1S/C26H27N5O2/c1-3-14-27-25(32)18(2)29-26(33)21-15-23(20-12-8-5-9-13-20)30-24-22(21)16-28-31(24)17-19-10-6-4-7-11-19/h4-13,15-16,18H,3,14,17H2,1-2H3,(H,27,32)(H,29,33). The van der Waals surface area contributed by atoms with Crippen LogP contribution in [0, 0.1) is 0 Å². The van der Waals surface area contributed by atoms with Crippen molar-refractivity contribution in [2.75, 3.05) is 6.54 Å². The number of aromatic nitrogens is 3. The van der Waals surface area contributed by atoms with E-state index in [1.54, 1.807) is 23.9 Å². The molecule has 0 saturated heterocycles. The van der Waals surface area contributed by atoms with Crippen LogP contribution < -0.4 is 10.6 Å². The molecule has 0 aliphatic heterocycles. The fourth-order valence-electron chi connectivity index (χ4n) is 3.61. The van der Waals surface area contributed by atoms with Crippen LogP contribution in [0.15, 0.2) is 72.9 Å². The smallest absolute Gasteiger partial charge is 0.252 e. The minimum Gasteiger partial charge on any atom is -0.354 e. The first-order valence-corrected chi connectivity index (χ1v) is 11.1. The van der Waals surface area contributed by atoms with Gasteiger partial charge in [-0.3, -0.25) is 9.59 Å². The molecule has 2 amide bonds. The Labute approximate surface area is 192 Å². The second-order valence-corrected chi connectivity index (χ2v) is 7.93. The Morgan fingerprint density at radius 1 is 1.03 bits per heavy atom. The van der Waals surface area contributed by atoms with Crippen LogP contribution in [0.3, 0.4) is 0 Å². The Balaban J connectivity index is 1.73. The van der Waals surface area contributed by atoms with E-state index in [9.17, 15) is 9.59 Å². The van der Waals surface area contributed by atoms with Gasteiger partial charge in [0.2, 0.25) is 5.91 Å². The number of amides is 2. The fourth-order valence-corrected chi connectivity index (χ4v) is 3.61. The SMILES string of the molecule is CCCNC(=O)C(C)NC(=O)c1cc(-c2ccccc2)nc2c1cnn2Cc1ccccc1. The Bertz CT molecular complexity index is 1250. The molecule has 0 bridgehead atoms. The second kappa shape index (κ2) is 10.1. The highest BCUT2D eigenvalue weighted by Gasteiger charge is 2.21. The summed E-state index contributed by atoms with van der Waals surface area (Å²) in [6, 6.07) is 20.8. The zero-order chi connectivity index (χ0) is 23.2. The largest absolute Gasteiger partial charge is 0.354 e. The summed E-state index contributed by atoms with van der Waals surface area (Å²) in [4.78, 5) is 30.4. The number of hydrogen-bond acceptors (Lipinski definition) is 4. The summed E-state index contributed by atoms with van der Waals surface area (Å²) in [5.74, 6) is -0.545. The molecule has 0 radical (unpaired) electrons. The number of fused-ring (bicyclic) bond motifs is 1. The van der Waals surface area contributed by atoms with Gasteiger partial charge in [0.25, 0.3) is 5.91 Å². The van der Waals surface area contributed by atoms with Crippen molar-refractivity contribution >= 4 is 22.8 Å². The van der Waals surface area contributed by atoms with Crippen LogP contribution in [0.25, 0.3) is 22.3 Å². The molecule has 33 heavy (non-hydrogen) atoms. The van der Waals surface area contributed by atoms with Crippen LogP contribution >= 0.6 is 0 Å². The van der Waals surface area contributed by atoms with Crippen LogP contribution in [0.5, 0.6) is 0 Å². The Kier molecular flexibility index (Phi) is 6.78. The normalized spacial score (nSPS) is 11.8. The van der Waals surface area contributed by atoms with Gasteiger partial charge >= 0.3 is 0 Å². The quantitative estimate of drug-likeness (QED) is 0.435. The van der Waals surface area contributed by atoms with Crippen molar-refractivity contribution in [3.05, 3.63) is 84.1 Å². The lowest BCUT2D eigenvalue weighted by atomic mass is 10.1. The molecule has 0 aliphatic carbocycles. The van der Waals surface area contributed by atoms with E-state index < -0.39 is 6.04 Å². The molecule has 2 heterocycles. The molecular formula is C26H27N5O2. The van der Waals surface area contributed by atoms with Crippen molar-refractivity contribution in [3.63, 3.8) is 0 Å². The zero-order valence-electron chi connectivity index (χ0n) is 18.8. The number of nitrogens with zero attached hydrogens (tertiary/aromatic N) is 3. The highest BCUT2D eigenvalue weighted by Crippen LogP contribution is 2.25. The maximum Gasteiger partial charge on any atom is 0.252 e. The number of hydrogen-bond donors (Lipinski definition) is 2. The van der Waals surface area contributed by atoms with Gasteiger partial charge in [-0.1, -0.05) is 67.6 Å². The molecule has 0 aliphatic rings. The van der Waals surface area contributed by atoms with Gasteiger partial charge in [-0.05, 0) is 25.0 Å². The Morgan fingerprint density at radius 2 is 1.73 bits per heavy atom. The molecule has 0 spiro atoms. The van der Waals surface area contributed by atoms with Gasteiger partial charge in [-0.2, -0.15) is 5.10 Å². The molecule has 2 N–H and O–H groups in total. The molecule has 2 aromatic heterocycles. The third-order valence-corrected chi connectivity index (χ3v) is 5.39. The van der Waals surface area contributed by atoms with Crippen molar-refractivity contribution in [1.82, 2.24) is 25.4 Å². The summed E-state index contributed by atoms with van der Waals surface area (Å²) in [6.45, 7) is 4.77. The molecule has 0 saturated carbocycles. The minimum atomic E-state index is -0.660. The van der Waals surface area contributed by atoms with Crippen LogP contribution in [0.4, 0.5) is 0 Å². The van der Waals surface area contributed by atoms with Gasteiger partial charge in [0.05, 0.1) is 29.4 Å². The molecule has 1 atom stereocenters. The van der Waals surface area contributed by atoms with E-state index >= 15 is 0 Å². The second-order valence-electron chi connectivity index (χ2n) is 7.93. The maximum absolute atomic E-state index is 13.2. The minimum absolute atomic E-state index is 0.210. The summed E-state index contributed by atoms with van der Waals surface area (Å²) < 4.78 is 1.80. The fraction of sp³-hybridized carbons (Fsp3) is 0.231. The maximum atomic E-state index is 13.2. The van der Waals surface area contributed by atoms with E-state index in [4.69, 9.17) is 4.98 Å². The van der Waals surface area contributed by atoms with Crippen LogP contribution in [-0.4, -0.2) is 39.2 Å². The lowest BCUT2D eigenvalue weighted by Crippen LogP contribution is -2.45. The molecule has 2 aromatic carbocycles. The number of benzene rings is 2. The molecule has 168 valence electrons. The summed E-state index contributed by atoms with van der Waals surface area (Å²) in [5, 5.41) is 10.8. The average molecular weight is 442 g/mol. The van der Waals surface area contributed by atoms with E-state index in [1.807, 2.05) is 67.6 Å². The zero-order valence-corrected chi connectivity index (χ0v) is 18.8. The monoisotopic (exact) mass is 441 g/mol. The van der Waals surface area contributed by atoms with Gasteiger partial charge in [0.1, 0.15) is 6.04 Å². The van der Waals surface area contributed by atoms with E-state index in [-0.39, 0.29) is 11.8 Å². The number of carbonyl (C=O) groups is 2. The van der Waals surface area contributed by atoms with Gasteiger partial charge < -0.3 is 10.6 Å². The van der Waals surface area contributed by atoms with E-state index in [0.717, 1.165) is 17.5 Å². The predicted molar refractivity (Wildman–Crippen MR) is 129 cm³/mol. The molecule has 4 aromatic rings. The molecule has 0 fully saturated rings. The lowest BCUT2D eigenvalue weighted by molar-refractivity contribution is -0.122. The third kappa shape index (κ3) is 5.09. The van der Waals surface area contributed by atoms with Gasteiger partial charge in [-0.25, -0.2) is 9.67 Å². The third-order valence-electron chi connectivity index (χ3n) is 5.39. The Hall–Kier alpha value is -4.00. The van der Waals surface area contributed by atoms with Crippen LogP contribution in [0.1, 0.15) is 36.2 Å². The van der Waals surface area contributed by atoms with Gasteiger partial charge in [0.15, 0.2) is 5.65 Å². The first kappa shape index (κ1) is 22.2. The summed E-state index contributed by atoms with van der Waals surface area (Å²) >= 11 is 0. The van der Waals surface area contributed by atoms with E-state index in [0.29, 0.717) is 35.4 Å². The van der Waals surface area contributed by atoms with Crippen molar-refractivity contribution < 1.29 is 9.59 Å². The van der Waals surface area contributed by atoms with Gasteiger partial charge in [-0.15, -0.1) is 0 Å². The number of rotatable bonds is 8. The first-order valence-electron chi connectivity index (χ1n) is 11.1. The Morgan fingerprint density at radius 3 is 2.42 bits per heavy atom. The lowest BCUT2D eigenvalue weighted by Gasteiger charge is -2.15. The first-order chi connectivity index (χ1) is 16.1. The molecule has 7 heteroatoms. The molecule has 1 unspecified atom stereocenters. The van der Waals surface area contributed by atoms with Crippen molar-refractivity contribution in [2.24, 2.45) is 0 Å². The van der Waals surface area contributed by atoms with Crippen molar-refractivity contribution in [1.29, 1.82) is 0 Å². The summed E-state index contributed by atoms with van der Waals surface area (Å²) in [7, 11) is 0. The van der Waals surface area contributed by atoms with Crippen LogP contribution in [-0.2, 0) is 11.3 Å². The number of carbonyl (C=O) groups excluding carboxylic acids is 2.